The zero-order chi connectivity index (χ0) is 15.2. The number of carbonyl (C=O) groups excluding carboxylic acids is 1. The molecule has 0 aliphatic heterocycles. The molecule has 2 aromatic rings. The summed E-state index contributed by atoms with van der Waals surface area (Å²) in [5.41, 5.74) is 0.642. The van der Waals surface area contributed by atoms with Crippen LogP contribution < -0.4 is 10.6 Å². The third kappa shape index (κ3) is 4.57. The highest BCUT2D eigenvalue weighted by atomic mass is 79.9. The summed E-state index contributed by atoms with van der Waals surface area (Å²) in [7, 11) is 0. The lowest BCUT2D eigenvalue weighted by Crippen LogP contribution is -2.46. The lowest BCUT2D eigenvalue weighted by atomic mass is 10.2. The first kappa shape index (κ1) is 15.5. The number of H-pyrrole nitrogens is 1. The summed E-state index contributed by atoms with van der Waals surface area (Å²) in [4.78, 5) is 30.5. The van der Waals surface area contributed by atoms with Gasteiger partial charge in [-0.1, -0.05) is 0 Å². The molecule has 21 heavy (non-hydrogen) atoms. The van der Waals surface area contributed by atoms with Crippen molar-refractivity contribution in [1.29, 1.82) is 0 Å². The van der Waals surface area contributed by atoms with Gasteiger partial charge in [0, 0.05) is 27.7 Å². The lowest BCUT2D eigenvalue weighted by molar-refractivity contribution is -0.139. The number of carboxylic acid groups (broad SMARTS) is 1. The Hall–Kier alpha value is -1.87. The smallest absolute Gasteiger partial charge is 0.326 e. The van der Waals surface area contributed by atoms with Crippen LogP contribution in [-0.4, -0.2) is 33.1 Å². The standard InChI is InChI=1S/C12H13BrN4O3S/c13-8-1-2-21-10(8)5-15-12(20)17-9(11(18)19)3-7-4-14-6-16-7/h1-2,4,6,9H,3,5H2,(H,14,16)(H,18,19)(H2,15,17,20)/t9-/m1/s1. The highest BCUT2D eigenvalue weighted by Crippen LogP contribution is 2.21. The molecule has 1 atom stereocenters. The van der Waals surface area contributed by atoms with Gasteiger partial charge in [-0.2, -0.15) is 0 Å². The van der Waals surface area contributed by atoms with E-state index in [9.17, 15) is 9.59 Å². The van der Waals surface area contributed by atoms with E-state index in [2.05, 4.69) is 36.5 Å². The highest BCUT2D eigenvalue weighted by molar-refractivity contribution is 9.10. The predicted molar refractivity (Wildman–Crippen MR) is 81.1 cm³/mol. The maximum absolute atomic E-state index is 11.8. The normalized spacial score (nSPS) is 11.9. The Labute approximate surface area is 132 Å². The molecule has 0 radical (unpaired) electrons. The van der Waals surface area contributed by atoms with Crippen LogP contribution in [0, 0.1) is 0 Å². The first-order chi connectivity index (χ1) is 10.1. The van der Waals surface area contributed by atoms with Crippen molar-refractivity contribution < 1.29 is 14.7 Å². The predicted octanol–water partition coefficient (Wildman–Crippen LogP) is 1.73. The van der Waals surface area contributed by atoms with Gasteiger partial charge in [-0.05, 0) is 27.4 Å². The fourth-order valence-electron chi connectivity index (χ4n) is 1.64. The number of hydrogen-bond donors (Lipinski definition) is 4. The summed E-state index contributed by atoms with van der Waals surface area (Å²) in [5.74, 6) is -1.10. The van der Waals surface area contributed by atoms with E-state index in [-0.39, 0.29) is 6.42 Å². The number of aromatic nitrogens is 2. The first-order valence-electron chi connectivity index (χ1n) is 6.02. The number of carbonyl (C=O) groups is 2. The molecule has 2 rings (SSSR count). The lowest BCUT2D eigenvalue weighted by Gasteiger charge is -2.14. The van der Waals surface area contributed by atoms with Crippen molar-refractivity contribution in [3.63, 3.8) is 0 Å². The topological polar surface area (TPSA) is 107 Å². The second-order valence-corrected chi connectivity index (χ2v) is 6.05. The van der Waals surface area contributed by atoms with Crippen LogP contribution >= 0.6 is 27.3 Å². The Morgan fingerprint density at radius 3 is 2.90 bits per heavy atom. The Morgan fingerprint density at radius 2 is 2.33 bits per heavy atom. The Kier molecular flexibility index (Phi) is 5.34. The zero-order valence-corrected chi connectivity index (χ0v) is 13.2. The summed E-state index contributed by atoms with van der Waals surface area (Å²) in [5, 5.41) is 16.1. The molecule has 112 valence electrons. The fourth-order valence-corrected chi connectivity index (χ4v) is 3.07. The molecule has 0 aliphatic carbocycles. The highest BCUT2D eigenvalue weighted by Gasteiger charge is 2.21. The van der Waals surface area contributed by atoms with Gasteiger partial charge in [0.25, 0.3) is 0 Å². The molecule has 0 unspecified atom stereocenters. The number of nitrogens with one attached hydrogen (secondary N) is 3. The minimum Gasteiger partial charge on any atom is -0.480 e. The summed E-state index contributed by atoms with van der Waals surface area (Å²) in [6.45, 7) is 0.334. The molecule has 0 aliphatic rings. The first-order valence-corrected chi connectivity index (χ1v) is 7.70. The molecular weight excluding hydrogens is 360 g/mol. The van der Waals surface area contributed by atoms with Crippen molar-refractivity contribution in [2.45, 2.75) is 19.0 Å². The number of halogens is 1. The van der Waals surface area contributed by atoms with E-state index in [1.54, 1.807) is 0 Å². The fraction of sp³-hybridized carbons (Fsp3) is 0.250. The largest absolute Gasteiger partial charge is 0.480 e. The minimum absolute atomic E-state index is 0.144. The maximum atomic E-state index is 11.8. The number of carboxylic acids is 1. The molecule has 0 fully saturated rings. The van der Waals surface area contributed by atoms with Gasteiger partial charge in [-0.15, -0.1) is 11.3 Å². The van der Waals surface area contributed by atoms with Crippen LogP contribution in [0.3, 0.4) is 0 Å². The van der Waals surface area contributed by atoms with Crippen molar-refractivity contribution in [3.8, 4) is 0 Å². The summed E-state index contributed by atoms with van der Waals surface area (Å²) < 4.78 is 0.917. The number of nitrogens with zero attached hydrogens (tertiary/aromatic N) is 1. The second-order valence-electron chi connectivity index (χ2n) is 4.19. The van der Waals surface area contributed by atoms with Crippen LogP contribution in [-0.2, 0) is 17.8 Å². The van der Waals surface area contributed by atoms with E-state index in [4.69, 9.17) is 5.11 Å². The average Bonchev–Trinajstić information content (AvgIpc) is 3.07. The van der Waals surface area contributed by atoms with Gasteiger partial charge in [0.2, 0.25) is 0 Å². The zero-order valence-electron chi connectivity index (χ0n) is 10.8. The minimum atomic E-state index is -1.10. The van der Waals surface area contributed by atoms with Gasteiger partial charge in [-0.3, -0.25) is 0 Å². The van der Waals surface area contributed by atoms with Gasteiger partial charge in [-0.25, -0.2) is 14.6 Å². The van der Waals surface area contributed by atoms with Crippen molar-refractivity contribution in [3.05, 3.63) is 39.0 Å². The molecule has 2 heterocycles. The summed E-state index contributed by atoms with van der Waals surface area (Å²) in [6.07, 6.45) is 3.13. The van der Waals surface area contributed by atoms with Crippen LogP contribution in [0.15, 0.2) is 28.4 Å². The molecular formula is C12H13BrN4O3S. The third-order valence-corrected chi connectivity index (χ3v) is 4.61. The van der Waals surface area contributed by atoms with Crippen LogP contribution in [0.25, 0.3) is 0 Å². The van der Waals surface area contributed by atoms with Crippen molar-refractivity contribution >= 4 is 39.3 Å². The number of aromatic amines is 1. The van der Waals surface area contributed by atoms with Crippen molar-refractivity contribution in [2.75, 3.05) is 0 Å². The number of urea groups is 1. The van der Waals surface area contributed by atoms with E-state index in [1.807, 2.05) is 11.4 Å². The maximum Gasteiger partial charge on any atom is 0.326 e. The van der Waals surface area contributed by atoms with E-state index in [0.717, 1.165) is 9.35 Å². The van der Waals surface area contributed by atoms with Crippen molar-refractivity contribution in [2.24, 2.45) is 0 Å². The molecule has 0 aromatic carbocycles. The number of amides is 2. The van der Waals surface area contributed by atoms with Gasteiger partial charge in [0.1, 0.15) is 6.04 Å². The monoisotopic (exact) mass is 372 g/mol. The van der Waals surface area contributed by atoms with E-state index in [0.29, 0.717) is 12.2 Å². The van der Waals surface area contributed by atoms with Crippen LogP contribution in [0.4, 0.5) is 4.79 Å². The second kappa shape index (κ2) is 7.23. The van der Waals surface area contributed by atoms with Crippen molar-refractivity contribution in [1.82, 2.24) is 20.6 Å². The van der Waals surface area contributed by atoms with Gasteiger partial charge >= 0.3 is 12.0 Å². The SMILES string of the molecule is O=C(NCc1sccc1Br)N[C@H](Cc1cnc[nH]1)C(=O)O. The van der Waals surface area contributed by atoms with E-state index in [1.165, 1.54) is 23.9 Å². The number of aliphatic carboxylic acids is 1. The molecule has 0 bridgehead atoms. The molecule has 9 heteroatoms. The Bertz CT molecular complexity index is 614. The Balaban J connectivity index is 1.86. The number of thiophene rings is 1. The number of rotatable bonds is 6. The molecule has 0 saturated carbocycles. The van der Waals surface area contributed by atoms with Gasteiger partial charge in [0.15, 0.2) is 0 Å². The van der Waals surface area contributed by atoms with Gasteiger partial charge in [0.05, 0.1) is 12.9 Å². The third-order valence-electron chi connectivity index (χ3n) is 2.68. The quantitative estimate of drug-likeness (QED) is 0.619. The Morgan fingerprint density at radius 1 is 1.52 bits per heavy atom. The number of imidazole rings is 1. The van der Waals surface area contributed by atoms with Gasteiger partial charge < -0.3 is 20.7 Å². The van der Waals surface area contributed by atoms with Crippen LogP contribution in [0.5, 0.6) is 0 Å². The summed E-state index contributed by atoms with van der Waals surface area (Å²) in [6, 6.07) is 0.345. The molecule has 0 spiro atoms. The molecule has 0 saturated heterocycles. The molecule has 7 nitrogen and oxygen atoms in total. The van der Waals surface area contributed by atoms with Crippen LogP contribution in [0.1, 0.15) is 10.6 Å². The number of hydrogen-bond acceptors (Lipinski definition) is 4. The van der Waals surface area contributed by atoms with E-state index < -0.39 is 18.0 Å². The summed E-state index contributed by atoms with van der Waals surface area (Å²) >= 11 is 4.87. The molecule has 2 aromatic heterocycles. The molecule has 2 amide bonds. The van der Waals surface area contributed by atoms with E-state index >= 15 is 0 Å². The molecule has 4 N–H and O–H groups in total. The average molecular weight is 373 g/mol. The van der Waals surface area contributed by atoms with Crippen LogP contribution in [0.2, 0.25) is 0 Å².